The Balaban J connectivity index is 3.04. The maximum atomic E-state index is 11.6. The van der Waals surface area contributed by atoms with Gasteiger partial charge in [0, 0.05) is 17.5 Å². The van der Waals surface area contributed by atoms with E-state index < -0.39 is 0 Å². The number of nitrogens with one attached hydrogen (secondary N) is 1. The molecule has 2 heterocycles. The fourth-order valence-corrected chi connectivity index (χ4v) is 1.56. The average Bonchev–Trinajstić information content (AvgIpc) is 2.29. The van der Waals surface area contributed by atoms with Crippen molar-refractivity contribution in [3.8, 4) is 0 Å². The van der Waals surface area contributed by atoms with Crippen molar-refractivity contribution >= 4 is 23.1 Å². The molecule has 0 atom stereocenters. The molecule has 2 rings (SSSR count). The number of H-pyrrole nitrogens is 1. The number of rotatable bonds is 2. The first-order valence-corrected chi connectivity index (χ1v) is 4.54. The van der Waals surface area contributed by atoms with Gasteiger partial charge in [0.1, 0.15) is 0 Å². The first-order valence-electron chi connectivity index (χ1n) is 4.54. The number of aromatic amines is 1. The van der Waals surface area contributed by atoms with E-state index in [9.17, 15) is 4.79 Å². The topological polar surface area (TPSA) is 45.8 Å². The van der Waals surface area contributed by atoms with Gasteiger partial charge in [-0.3, -0.25) is 9.78 Å². The molecule has 2 aromatic rings. The van der Waals surface area contributed by atoms with Crippen molar-refractivity contribution in [2.45, 2.75) is 0 Å². The summed E-state index contributed by atoms with van der Waals surface area (Å²) in [5, 5.41) is 0.568. The molecule has 74 valence electrons. The van der Waals surface area contributed by atoms with Crippen LogP contribution in [0.3, 0.4) is 0 Å². The molecule has 3 nitrogen and oxygen atoms in total. The Hall–Kier alpha value is -2.16. The van der Waals surface area contributed by atoms with Gasteiger partial charge in [0.25, 0.3) is 5.56 Å². The summed E-state index contributed by atoms with van der Waals surface area (Å²) < 4.78 is 0. The molecular weight excluding hydrogens is 188 g/mol. The molecule has 0 aliphatic rings. The van der Waals surface area contributed by atoms with Crippen molar-refractivity contribution in [1.82, 2.24) is 9.97 Å². The normalized spacial score (nSPS) is 10.1. The van der Waals surface area contributed by atoms with Gasteiger partial charge in [-0.15, -0.1) is 0 Å². The number of fused-ring (bicyclic) bond motifs is 1. The van der Waals surface area contributed by atoms with E-state index in [-0.39, 0.29) is 5.56 Å². The standard InChI is InChI=1S/C12H10N2O/c1-3-8-10(4-2)14-12(15)9-6-5-7-13-11(8)9/h3-7H,1-2H2,(H,14,15). The Bertz CT molecular complexity index is 596. The summed E-state index contributed by atoms with van der Waals surface area (Å²) in [6.07, 6.45) is 4.91. The summed E-state index contributed by atoms with van der Waals surface area (Å²) in [4.78, 5) is 18.6. The van der Waals surface area contributed by atoms with E-state index in [0.29, 0.717) is 16.6 Å². The molecule has 0 spiro atoms. The van der Waals surface area contributed by atoms with Crippen LogP contribution in [0.1, 0.15) is 11.3 Å². The van der Waals surface area contributed by atoms with E-state index in [1.807, 2.05) is 0 Å². The molecule has 0 unspecified atom stereocenters. The number of nitrogens with zero attached hydrogens (tertiary/aromatic N) is 1. The van der Waals surface area contributed by atoms with Crippen LogP contribution in [-0.2, 0) is 0 Å². The van der Waals surface area contributed by atoms with Crippen LogP contribution in [0.5, 0.6) is 0 Å². The van der Waals surface area contributed by atoms with Crippen LogP contribution < -0.4 is 5.56 Å². The molecule has 0 saturated carbocycles. The Morgan fingerprint density at radius 3 is 2.80 bits per heavy atom. The molecule has 0 aliphatic carbocycles. The summed E-state index contributed by atoms with van der Waals surface area (Å²) in [5.41, 5.74) is 1.96. The zero-order valence-electron chi connectivity index (χ0n) is 8.16. The SMILES string of the molecule is C=Cc1[nH]c(=O)c2cccnc2c1C=C. The van der Waals surface area contributed by atoms with Crippen LogP contribution >= 0.6 is 0 Å². The summed E-state index contributed by atoms with van der Waals surface area (Å²) in [5.74, 6) is 0. The molecule has 3 heteroatoms. The third-order valence-electron chi connectivity index (χ3n) is 2.25. The van der Waals surface area contributed by atoms with Crippen LogP contribution in [0.15, 0.2) is 36.3 Å². The van der Waals surface area contributed by atoms with E-state index >= 15 is 0 Å². The number of hydrogen-bond acceptors (Lipinski definition) is 2. The fraction of sp³-hybridized carbons (Fsp3) is 0. The van der Waals surface area contributed by atoms with Gasteiger partial charge in [-0.05, 0) is 18.2 Å². The maximum Gasteiger partial charge on any atom is 0.257 e. The van der Waals surface area contributed by atoms with Crippen LogP contribution in [0.25, 0.3) is 23.1 Å². The molecule has 0 radical (unpaired) electrons. The summed E-state index contributed by atoms with van der Waals surface area (Å²) >= 11 is 0. The van der Waals surface area contributed by atoms with E-state index in [4.69, 9.17) is 0 Å². The summed E-state index contributed by atoms with van der Waals surface area (Å²) in [6.45, 7) is 7.35. The first-order chi connectivity index (χ1) is 7.27. The monoisotopic (exact) mass is 198 g/mol. The zero-order valence-corrected chi connectivity index (χ0v) is 8.16. The van der Waals surface area contributed by atoms with Crippen molar-refractivity contribution in [2.75, 3.05) is 0 Å². The number of aromatic nitrogens is 2. The van der Waals surface area contributed by atoms with Gasteiger partial charge in [0.2, 0.25) is 0 Å². The predicted octanol–water partition coefficient (Wildman–Crippen LogP) is 2.21. The molecule has 15 heavy (non-hydrogen) atoms. The lowest BCUT2D eigenvalue weighted by Gasteiger charge is -2.04. The van der Waals surface area contributed by atoms with E-state index in [1.165, 1.54) is 0 Å². The average molecular weight is 198 g/mol. The number of pyridine rings is 2. The highest BCUT2D eigenvalue weighted by molar-refractivity contribution is 5.88. The molecule has 0 amide bonds. The highest BCUT2D eigenvalue weighted by atomic mass is 16.1. The van der Waals surface area contributed by atoms with Gasteiger partial charge in [0.05, 0.1) is 10.9 Å². The Kier molecular flexibility index (Phi) is 2.21. The van der Waals surface area contributed by atoms with Gasteiger partial charge in [-0.1, -0.05) is 19.2 Å². The second-order valence-corrected chi connectivity index (χ2v) is 3.09. The quantitative estimate of drug-likeness (QED) is 0.804. The van der Waals surface area contributed by atoms with Gasteiger partial charge < -0.3 is 4.98 Å². The van der Waals surface area contributed by atoms with Crippen LogP contribution in [-0.4, -0.2) is 9.97 Å². The lowest BCUT2D eigenvalue weighted by Crippen LogP contribution is -2.10. The second-order valence-electron chi connectivity index (χ2n) is 3.09. The van der Waals surface area contributed by atoms with Gasteiger partial charge in [0.15, 0.2) is 0 Å². The van der Waals surface area contributed by atoms with Crippen molar-refractivity contribution in [1.29, 1.82) is 0 Å². The lowest BCUT2D eigenvalue weighted by molar-refractivity contribution is 1.22. The molecule has 1 N–H and O–H groups in total. The highest BCUT2D eigenvalue weighted by Crippen LogP contribution is 2.17. The molecule has 0 fully saturated rings. The fourth-order valence-electron chi connectivity index (χ4n) is 1.56. The number of hydrogen-bond donors (Lipinski definition) is 1. The summed E-state index contributed by atoms with van der Waals surface area (Å²) in [6, 6.07) is 3.47. The van der Waals surface area contributed by atoms with Gasteiger partial charge >= 0.3 is 0 Å². The second kappa shape index (κ2) is 3.53. The van der Waals surface area contributed by atoms with E-state index in [1.54, 1.807) is 30.5 Å². The smallest absolute Gasteiger partial charge is 0.257 e. The zero-order chi connectivity index (χ0) is 10.8. The van der Waals surface area contributed by atoms with Gasteiger partial charge in [-0.25, -0.2) is 0 Å². The molecule has 0 saturated heterocycles. The molecule has 0 bridgehead atoms. The molecular formula is C12H10N2O. The van der Waals surface area contributed by atoms with Crippen molar-refractivity contribution in [3.63, 3.8) is 0 Å². The minimum absolute atomic E-state index is 0.154. The minimum Gasteiger partial charge on any atom is -0.321 e. The van der Waals surface area contributed by atoms with Crippen molar-refractivity contribution in [3.05, 3.63) is 53.1 Å². The van der Waals surface area contributed by atoms with E-state index in [0.717, 1.165) is 5.56 Å². The Morgan fingerprint density at radius 2 is 2.13 bits per heavy atom. The predicted molar refractivity (Wildman–Crippen MR) is 62.5 cm³/mol. The van der Waals surface area contributed by atoms with Crippen molar-refractivity contribution < 1.29 is 0 Å². The minimum atomic E-state index is -0.154. The third kappa shape index (κ3) is 1.38. The van der Waals surface area contributed by atoms with Crippen LogP contribution in [0.4, 0.5) is 0 Å². The largest absolute Gasteiger partial charge is 0.321 e. The Labute approximate surface area is 86.8 Å². The summed E-state index contributed by atoms with van der Waals surface area (Å²) in [7, 11) is 0. The van der Waals surface area contributed by atoms with Crippen LogP contribution in [0.2, 0.25) is 0 Å². The van der Waals surface area contributed by atoms with E-state index in [2.05, 4.69) is 23.1 Å². The lowest BCUT2D eigenvalue weighted by atomic mass is 10.1. The molecule has 2 aromatic heterocycles. The first kappa shape index (κ1) is 9.40. The van der Waals surface area contributed by atoms with Crippen LogP contribution in [0, 0.1) is 0 Å². The maximum absolute atomic E-state index is 11.6. The molecule has 0 aromatic carbocycles. The molecule has 0 aliphatic heterocycles. The highest BCUT2D eigenvalue weighted by Gasteiger charge is 2.06. The van der Waals surface area contributed by atoms with Gasteiger partial charge in [-0.2, -0.15) is 0 Å². The van der Waals surface area contributed by atoms with Crippen molar-refractivity contribution in [2.24, 2.45) is 0 Å². The third-order valence-corrected chi connectivity index (χ3v) is 2.25. The Morgan fingerprint density at radius 1 is 1.33 bits per heavy atom.